The lowest BCUT2D eigenvalue weighted by Crippen LogP contribution is -2.56. The lowest BCUT2D eigenvalue weighted by Gasteiger charge is -2.39. The number of nitrogens with one attached hydrogen (secondary N) is 1. The van der Waals surface area contributed by atoms with Gasteiger partial charge in [0, 0.05) is 51.0 Å². The van der Waals surface area contributed by atoms with Gasteiger partial charge in [0.2, 0.25) is 0 Å². The van der Waals surface area contributed by atoms with Crippen LogP contribution in [-0.2, 0) is 4.79 Å². The van der Waals surface area contributed by atoms with Crippen LogP contribution in [0.1, 0.15) is 24.2 Å². The van der Waals surface area contributed by atoms with Gasteiger partial charge in [-0.15, -0.1) is 0 Å². The van der Waals surface area contributed by atoms with Crippen molar-refractivity contribution in [3.05, 3.63) is 45.8 Å². The molecule has 0 saturated carbocycles. The highest BCUT2D eigenvalue weighted by atomic mass is 79.9. The van der Waals surface area contributed by atoms with Crippen LogP contribution >= 0.6 is 15.9 Å². The number of benzene rings is 1. The molecule has 1 amide bonds. The van der Waals surface area contributed by atoms with E-state index in [0.29, 0.717) is 35.4 Å². The summed E-state index contributed by atoms with van der Waals surface area (Å²) in [5, 5.41) is 3.01. The van der Waals surface area contributed by atoms with Gasteiger partial charge in [-0.1, -0.05) is 0 Å². The fourth-order valence-corrected chi connectivity index (χ4v) is 3.60. The third-order valence-electron chi connectivity index (χ3n) is 4.90. The molecule has 0 aromatic heterocycles. The number of amides is 1. The molecule has 0 bridgehead atoms. The van der Waals surface area contributed by atoms with Gasteiger partial charge in [0.15, 0.2) is 5.78 Å². The second-order valence-electron chi connectivity index (χ2n) is 6.76. The number of allylic oxidation sites excluding steroid dienone is 1. The largest absolute Gasteiger partial charge is 0.391 e. The van der Waals surface area contributed by atoms with Crippen molar-refractivity contribution in [1.82, 2.24) is 15.1 Å². The van der Waals surface area contributed by atoms with E-state index in [2.05, 4.69) is 26.2 Å². The zero-order valence-corrected chi connectivity index (χ0v) is 18.2. The Balaban J connectivity index is 2.01. The van der Waals surface area contributed by atoms with Gasteiger partial charge in [-0.25, -0.2) is 4.39 Å². The number of carbonyl (C=O) groups is 2. The van der Waals surface area contributed by atoms with Crippen molar-refractivity contribution in [2.75, 3.05) is 40.3 Å². The van der Waals surface area contributed by atoms with E-state index in [1.165, 1.54) is 24.3 Å². The second kappa shape index (κ2) is 9.93. The van der Waals surface area contributed by atoms with Crippen LogP contribution in [0.25, 0.3) is 0 Å². The number of piperazine rings is 1. The molecule has 1 aliphatic rings. The van der Waals surface area contributed by atoms with Crippen LogP contribution in [0, 0.1) is 5.82 Å². The van der Waals surface area contributed by atoms with E-state index in [1.807, 2.05) is 18.7 Å². The Morgan fingerprint density at radius 2 is 1.93 bits per heavy atom. The Kier molecular flexibility index (Phi) is 7.88. The molecule has 0 unspecified atom stereocenters. The number of Topliss-reactive ketones (excluding diaryl/α,β-unsaturated/α-hetero) is 1. The Morgan fingerprint density at radius 3 is 2.46 bits per heavy atom. The first kappa shape index (κ1) is 22.2. The molecule has 1 N–H and O–H groups in total. The molecule has 1 aromatic rings. The topological polar surface area (TPSA) is 65.0 Å². The Bertz CT molecular complexity index is 792. The molecule has 1 saturated heterocycles. The van der Waals surface area contributed by atoms with Crippen LogP contribution in [0.2, 0.25) is 0 Å². The molecule has 2 rings (SSSR count). The maximum Gasteiger partial charge on any atom is 0.273 e. The minimum Gasteiger partial charge on any atom is -0.391 e. The SMILES string of the molecule is CN=C(C(=O)N1CCN(CC(=O)c2ccc(F)cc2)[C@@H](C)C1)/C(Br)=C(/C)NC. The van der Waals surface area contributed by atoms with Crippen LogP contribution in [-0.4, -0.2) is 73.5 Å². The molecule has 8 heteroatoms. The van der Waals surface area contributed by atoms with E-state index < -0.39 is 0 Å². The molecule has 152 valence electrons. The predicted octanol–water partition coefficient (Wildman–Crippen LogP) is 2.46. The maximum absolute atomic E-state index is 13.0. The van der Waals surface area contributed by atoms with Gasteiger partial charge < -0.3 is 10.2 Å². The van der Waals surface area contributed by atoms with Gasteiger partial charge >= 0.3 is 0 Å². The third-order valence-corrected chi connectivity index (χ3v) is 5.87. The molecule has 0 aliphatic carbocycles. The van der Waals surface area contributed by atoms with Gasteiger partial charge in [-0.3, -0.25) is 19.5 Å². The molecule has 0 radical (unpaired) electrons. The fourth-order valence-electron chi connectivity index (χ4n) is 3.05. The number of ketones is 1. The molecule has 1 aliphatic heterocycles. The van der Waals surface area contributed by atoms with E-state index in [0.717, 1.165) is 5.70 Å². The first-order valence-corrected chi connectivity index (χ1v) is 9.91. The van der Waals surface area contributed by atoms with Gasteiger partial charge in [0.1, 0.15) is 11.5 Å². The van der Waals surface area contributed by atoms with Gasteiger partial charge in [0.25, 0.3) is 5.91 Å². The van der Waals surface area contributed by atoms with Crippen LogP contribution < -0.4 is 5.32 Å². The van der Waals surface area contributed by atoms with E-state index in [-0.39, 0.29) is 30.1 Å². The summed E-state index contributed by atoms with van der Waals surface area (Å²) < 4.78 is 13.7. The fraction of sp³-hybridized carbons (Fsp3) is 0.450. The number of rotatable bonds is 6. The van der Waals surface area contributed by atoms with Gasteiger partial charge in [-0.2, -0.15) is 0 Å². The molecule has 6 nitrogen and oxygen atoms in total. The summed E-state index contributed by atoms with van der Waals surface area (Å²) in [6.45, 7) is 5.70. The maximum atomic E-state index is 13.0. The molecule has 1 aromatic carbocycles. The molecule has 28 heavy (non-hydrogen) atoms. The smallest absolute Gasteiger partial charge is 0.273 e. The Morgan fingerprint density at radius 1 is 1.29 bits per heavy atom. The Hall–Kier alpha value is -2.06. The highest BCUT2D eigenvalue weighted by Crippen LogP contribution is 2.17. The van der Waals surface area contributed by atoms with Crippen molar-refractivity contribution < 1.29 is 14.0 Å². The monoisotopic (exact) mass is 452 g/mol. The number of carbonyl (C=O) groups excluding carboxylic acids is 2. The number of aliphatic imine (C=N–C) groups is 1. The summed E-state index contributed by atoms with van der Waals surface area (Å²) in [5.41, 5.74) is 1.68. The summed E-state index contributed by atoms with van der Waals surface area (Å²) in [7, 11) is 3.38. The molecule has 1 heterocycles. The molecule has 0 spiro atoms. The van der Waals surface area contributed by atoms with Crippen molar-refractivity contribution in [3.63, 3.8) is 0 Å². The van der Waals surface area contributed by atoms with Crippen molar-refractivity contribution in [1.29, 1.82) is 0 Å². The first-order valence-electron chi connectivity index (χ1n) is 9.11. The van der Waals surface area contributed by atoms with E-state index in [4.69, 9.17) is 0 Å². The third kappa shape index (κ3) is 5.26. The lowest BCUT2D eigenvalue weighted by atomic mass is 10.1. The first-order chi connectivity index (χ1) is 13.3. The quantitative estimate of drug-likeness (QED) is 0.531. The van der Waals surface area contributed by atoms with Crippen LogP contribution in [0.5, 0.6) is 0 Å². The summed E-state index contributed by atoms with van der Waals surface area (Å²) >= 11 is 3.45. The number of halogens is 2. The lowest BCUT2D eigenvalue weighted by molar-refractivity contribution is -0.126. The van der Waals surface area contributed by atoms with E-state index in [1.54, 1.807) is 19.0 Å². The average Bonchev–Trinajstić information content (AvgIpc) is 2.69. The van der Waals surface area contributed by atoms with Crippen molar-refractivity contribution >= 4 is 33.3 Å². The average molecular weight is 453 g/mol. The predicted molar refractivity (Wildman–Crippen MR) is 112 cm³/mol. The summed E-state index contributed by atoms with van der Waals surface area (Å²) in [5.74, 6) is -0.558. The summed E-state index contributed by atoms with van der Waals surface area (Å²) in [6, 6.07) is 5.60. The zero-order valence-electron chi connectivity index (χ0n) is 16.6. The van der Waals surface area contributed by atoms with Crippen molar-refractivity contribution in [2.45, 2.75) is 19.9 Å². The minimum atomic E-state index is -0.362. The number of hydrogen-bond acceptors (Lipinski definition) is 5. The normalized spacial score (nSPS) is 19.3. The number of hydrogen-bond donors (Lipinski definition) is 1. The minimum absolute atomic E-state index is 0.0216. The molecular weight excluding hydrogens is 427 g/mol. The van der Waals surface area contributed by atoms with Gasteiger partial charge in [-0.05, 0) is 54.0 Å². The summed E-state index contributed by atoms with van der Waals surface area (Å²) in [4.78, 5) is 33.3. The standard InChI is InChI=1S/C20H26BrFN4O2/c1-13-11-26(20(28)19(24-4)18(21)14(2)23-3)10-9-25(13)12-17(27)15-5-7-16(22)8-6-15/h5-8,13,23H,9-12H2,1-4H3/b18-14+,24-19?/t13-/m0/s1. The molecular formula is C20H26BrFN4O2. The zero-order chi connectivity index (χ0) is 20.8. The summed E-state index contributed by atoms with van der Waals surface area (Å²) in [6.07, 6.45) is 0. The van der Waals surface area contributed by atoms with Crippen molar-refractivity contribution in [3.8, 4) is 0 Å². The van der Waals surface area contributed by atoms with Crippen LogP contribution in [0.3, 0.4) is 0 Å². The highest BCUT2D eigenvalue weighted by molar-refractivity contribution is 9.12. The number of nitrogens with zero attached hydrogens (tertiary/aromatic N) is 3. The second-order valence-corrected chi connectivity index (χ2v) is 7.55. The molecule has 1 atom stereocenters. The van der Waals surface area contributed by atoms with E-state index >= 15 is 0 Å². The molecule has 1 fully saturated rings. The van der Waals surface area contributed by atoms with Crippen LogP contribution in [0.4, 0.5) is 4.39 Å². The van der Waals surface area contributed by atoms with Gasteiger partial charge in [0.05, 0.1) is 11.0 Å². The van der Waals surface area contributed by atoms with E-state index in [9.17, 15) is 14.0 Å². The van der Waals surface area contributed by atoms with Crippen molar-refractivity contribution in [2.24, 2.45) is 4.99 Å². The van der Waals surface area contributed by atoms with Crippen LogP contribution in [0.15, 0.2) is 39.4 Å². The Labute approximate surface area is 173 Å². The highest BCUT2D eigenvalue weighted by Gasteiger charge is 2.31.